The summed E-state index contributed by atoms with van der Waals surface area (Å²) in [7, 11) is 0. The van der Waals surface area contributed by atoms with E-state index in [4.69, 9.17) is 0 Å². The summed E-state index contributed by atoms with van der Waals surface area (Å²) in [6, 6.07) is 9.32. The average Bonchev–Trinajstić information content (AvgIpc) is 2.51. The monoisotopic (exact) mass is 283 g/mol. The van der Waals surface area contributed by atoms with Gasteiger partial charge in [0.05, 0.1) is 12.1 Å². The number of hydrogen-bond donors (Lipinski definition) is 1. The molecule has 1 aromatic carbocycles. The van der Waals surface area contributed by atoms with E-state index in [2.05, 4.69) is 10.3 Å². The van der Waals surface area contributed by atoms with Gasteiger partial charge in [0, 0.05) is 18.1 Å². The van der Waals surface area contributed by atoms with Crippen molar-refractivity contribution >= 4 is 22.7 Å². The van der Waals surface area contributed by atoms with Crippen molar-refractivity contribution < 1.29 is 9.59 Å². The van der Waals surface area contributed by atoms with Gasteiger partial charge in [-0.25, -0.2) is 0 Å². The first-order valence-corrected chi connectivity index (χ1v) is 7.10. The molecule has 1 saturated heterocycles. The van der Waals surface area contributed by atoms with Crippen LogP contribution in [0.25, 0.3) is 10.9 Å². The molecule has 0 aliphatic carbocycles. The molecule has 0 radical (unpaired) electrons. The van der Waals surface area contributed by atoms with E-state index >= 15 is 0 Å². The Kier molecular flexibility index (Phi) is 3.56. The molecule has 1 aliphatic heterocycles. The number of nitrogens with zero attached hydrogens (tertiary/aromatic N) is 2. The van der Waals surface area contributed by atoms with Crippen LogP contribution in [0.5, 0.6) is 0 Å². The van der Waals surface area contributed by atoms with Crippen molar-refractivity contribution in [1.82, 2.24) is 15.2 Å². The van der Waals surface area contributed by atoms with Crippen molar-refractivity contribution in [3.8, 4) is 0 Å². The molecular formula is C16H17N3O2. The summed E-state index contributed by atoms with van der Waals surface area (Å²) < 4.78 is 0. The predicted molar refractivity (Wildman–Crippen MR) is 79.4 cm³/mol. The van der Waals surface area contributed by atoms with Gasteiger partial charge in [-0.05, 0) is 24.1 Å². The number of nitrogens with one attached hydrogen (secondary N) is 1. The summed E-state index contributed by atoms with van der Waals surface area (Å²) in [5, 5.41) is 3.75. The molecule has 5 nitrogen and oxygen atoms in total. The van der Waals surface area contributed by atoms with Gasteiger partial charge in [0.15, 0.2) is 0 Å². The fourth-order valence-corrected chi connectivity index (χ4v) is 2.68. The van der Waals surface area contributed by atoms with E-state index in [-0.39, 0.29) is 18.4 Å². The second-order valence-corrected chi connectivity index (χ2v) is 5.21. The van der Waals surface area contributed by atoms with Gasteiger partial charge in [-0.3, -0.25) is 14.6 Å². The Morgan fingerprint density at radius 3 is 2.90 bits per heavy atom. The Labute approximate surface area is 123 Å². The third-order valence-corrected chi connectivity index (χ3v) is 3.79. The highest BCUT2D eigenvalue weighted by molar-refractivity contribution is 5.95. The molecule has 0 spiro atoms. The van der Waals surface area contributed by atoms with Crippen LogP contribution < -0.4 is 5.32 Å². The lowest BCUT2D eigenvalue weighted by Gasteiger charge is -2.32. The van der Waals surface area contributed by atoms with E-state index in [0.717, 1.165) is 16.5 Å². The molecule has 2 aromatic rings. The number of amides is 2. The summed E-state index contributed by atoms with van der Waals surface area (Å²) in [5.41, 5.74) is 1.91. The number of benzene rings is 1. The van der Waals surface area contributed by atoms with E-state index in [9.17, 15) is 9.59 Å². The van der Waals surface area contributed by atoms with E-state index < -0.39 is 6.04 Å². The van der Waals surface area contributed by atoms with Crippen molar-refractivity contribution in [3.63, 3.8) is 0 Å². The molecule has 21 heavy (non-hydrogen) atoms. The Morgan fingerprint density at radius 1 is 1.29 bits per heavy atom. The zero-order chi connectivity index (χ0) is 14.8. The molecule has 2 amide bonds. The van der Waals surface area contributed by atoms with Gasteiger partial charge in [-0.2, -0.15) is 0 Å². The maximum atomic E-state index is 12.3. The topological polar surface area (TPSA) is 62.3 Å². The van der Waals surface area contributed by atoms with Crippen LogP contribution in [0.1, 0.15) is 18.9 Å². The molecule has 1 fully saturated rings. The number of fused-ring (bicyclic) bond motifs is 1. The first-order valence-electron chi connectivity index (χ1n) is 7.10. The summed E-state index contributed by atoms with van der Waals surface area (Å²) >= 11 is 0. The zero-order valence-corrected chi connectivity index (χ0v) is 11.9. The van der Waals surface area contributed by atoms with Crippen LogP contribution in [0.4, 0.5) is 0 Å². The number of pyridine rings is 1. The highest BCUT2D eigenvalue weighted by Gasteiger charge is 2.31. The third-order valence-electron chi connectivity index (χ3n) is 3.79. The van der Waals surface area contributed by atoms with Crippen molar-refractivity contribution in [2.75, 3.05) is 6.54 Å². The molecule has 108 valence electrons. The van der Waals surface area contributed by atoms with Gasteiger partial charge in [-0.15, -0.1) is 0 Å². The van der Waals surface area contributed by atoms with Crippen LogP contribution in [-0.4, -0.2) is 34.3 Å². The highest BCUT2D eigenvalue weighted by atomic mass is 16.2. The number of para-hydroxylation sites is 1. The van der Waals surface area contributed by atoms with E-state index in [1.54, 1.807) is 11.1 Å². The minimum Gasteiger partial charge on any atom is -0.343 e. The number of aromatic nitrogens is 1. The summed E-state index contributed by atoms with van der Waals surface area (Å²) in [5.74, 6) is -0.113. The Bertz CT molecular complexity index is 693. The fourth-order valence-electron chi connectivity index (χ4n) is 2.68. The Hall–Kier alpha value is -2.43. The summed E-state index contributed by atoms with van der Waals surface area (Å²) in [6.07, 6.45) is 2.35. The number of piperazine rings is 1. The minimum absolute atomic E-state index is 0.0157. The van der Waals surface area contributed by atoms with Crippen LogP contribution in [-0.2, 0) is 16.1 Å². The molecule has 2 heterocycles. The quantitative estimate of drug-likeness (QED) is 0.928. The Morgan fingerprint density at radius 2 is 2.10 bits per heavy atom. The normalized spacial score (nSPS) is 18.9. The number of rotatable bonds is 3. The molecule has 1 aliphatic rings. The molecular weight excluding hydrogens is 266 g/mol. The molecule has 5 heteroatoms. The smallest absolute Gasteiger partial charge is 0.245 e. The standard InChI is InChI=1S/C16H17N3O2/c1-2-13-16(21)19(10-15(20)18-13)9-11-7-8-17-14-6-4-3-5-12(11)14/h3-8,13H,2,9-10H2,1H3,(H,18,20). The molecule has 1 atom stereocenters. The van der Waals surface area contributed by atoms with Crippen LogP contribution in [0.2, 0.25) is 0 Å². The maximum absolute atomic E-state index is 12.3. The van der Waals surface area contributed by atoms with E-state index in [1.165, 1.54) is 0 Å². The number of carbonyl (C=O) groups excluding carboxylic acids is 2. The minimum atomic E-state index is -0.403. The summed E-state index contributed by atoms with van der Waals surface area (Å²) in [6.45, 7) is 2.45. The molecule has 3 rings (SSSR count). The van der Waals surface area contributed by atoms with Gasteiger partial charge < -0.3 is 10.2 Å². The first-order chi connectivity index (χ1) is 10.2. The third kappa shape index (κ3) is 2.59. The maximum Gasteiger partial charge on any atom is 0.245 e. The lowest BCUT2D eigenvalue weighted by atomic mass is 10.1. The van der Waals surface area contributed by atoms with Crippen molar-refractivity contribution in [2.24, 2.45) is 0 Å². The largest absolute Gasteiger partial charge is 0.343 e. The van der Waals surface area contributed by atoms with E-state index in [1.807, 2.05) is 37.3 Å². The van der Waals surface area contributed by atoms with Gasteiger partial charge in [0.25, 0.3) is 0 Å². The second-order valence-electron chi connectivity index (χ2n) is 5.21. The van der Waals surface area contributed by atoms with Crippen LogP contribution >= 0.6 is 0 Å². The molecule has 1 N–H and O–H groups in total. The first kappa shape index (κ1) is 13.5. The molecule has 0 bridgehead atoms. The van der Waals surface area contributed by atoms with Crippen LogP contribution in [0, 0.1) is 0 Å². The molecule has 1 aromatic heterocycles. The van der Waals surface area contributed by atoms with Gasteiger partial charge in [-0.1, -0.05) is 25.1 Å². The summed E-state index contributed by atoms with van der Waals surface area (Å²) in [4.78, 5) is 30.0. The average molecular weight is 283 g/mol. The predicted octanol–water partition coefficient (Wildman–Crippen LogP) is 1.47. The van der Waals surface area contributed by atoms with Gasteiger partial charge >= 0.3 is 0 Å². The zero-order valence-electron chi connectivity index (χ0n) is 11.9. The lowest BCUT2D eigenvalue weighted by molar-refractivity contribution is -0.144. The number of hydrogen-bond acceptors (Lipinski definition) is 3. The SMILES string of the molecule is CCC1NC(=O)CN(Cc2ccnc3ccccc23)C1=O. The van der Waals surface area contributed by atoms with Crippen molar-refractivity contribution in [1.29, 1.82) is 0 Å². The fraction of sp³-hybridized carbons (Fsp3) is 0.312. The second kappa shape index (κ2) is 5.52. The van der Waals surface area contributed by atoms with Crippen LogP contribution in [0.15, 0.2) is 36.5 Å². The van der Waals surface area contributed by atoms with Crippen molar-refractivity contribution in [3.05, 3.63) is 42.1 Å². The van der Waals surface area contributed by atoms with Crippen LogP contribution in [0.3, 0.4) is 0 Å². The lowest BCUT2D eigenvalue weighted by Crippen LogP contribution is -2.57. The van der Waals surface area contributed by atoms with Gasteiger partial charge in [0.2, 0.25) is 11.8 Å². The van der Waals surface area contributed by atoms with E-state index in [0.29, 0.717) is 13.0 Å². The highest BCUT2D eigenvalue weighted by Crippen LogP contribution is 2.19. The number of carbonyl (C=O) groups is 2. The van der Waals surface area contributed by atoms with Crippen molar-refractivity contribution in [2.45, 2.75) is 25.9 Å². The Balaban J connectivity index is 1.91. The molecule has 1 unspecified atom stereocenters. The van der Waals surface area contributed by atoms with Gasteiger partial charge in [0.1, 0.15) is 6.04 Å². The molecule has 0 saturated carbocycles.